The van der Waals surface area contributed by atoms with E-state index < -0.39 is 0 Å². The zero-order chi connectivity index (χ0) is 14.3. The monoisotopic (exact) mass is 268 g/mol. The summed E-state index contributed by atoms with van der Waals surface area (Å²) in [6.45, 7) is 3.65. The first-order chi connectivity index (χ1) is 9.54. The van der Waals surface area contributed by atoms with Gasteiger partial charge in [0.25, 0.3) is 0 Å². The van der Waals surface area contributed by atoms with E-state index in [2.05, 4.69) is 15.0 Å². The molecular formula is C15H13FN4. The number of nitrogens with two attached hydrogens (primary N) is 1. The highest BCUT2D eigenvalue weighted by Crippen LogP contribution is 2.29. The molecule has 0 radical (unpaired) electrons. The van der Waals surface area contributed by atoms with E-state index in [-0.39, 0.29) is 5.82 Å². The zero-order valence-corrected chi connectivity index (χ0v) is 11.2. The highest BCUT2D eigenvalue weighted by Gasteiger charge is 2.11. The minimum absolute atomic E-state index is 0.320. The Morgan fingerprint density at radius 2 is 1.75 bits per heavy atom. The molecule has 2 N–H and O–H groups in total. The number of rotatable bonds is 1. The molecule has 0 atom stereocenters. The Kier molecular flexibility index (Phi) is 2.82. The van der Waals surface area contributed by atoms with Crippen LogP contribution in [0.5, 0.6) is 0 Å². The minimum Gasteiger partial charge on any atom is -0.384 e. The number of anilines is 1. The Morgan fingerprint density at radius 1 is 0.950 bits per heavy atom. The number of aromatic nitrogens is 3. The Hall–Kier alpha value is -2.56. The average molecular weight is 268 g/mol. The van der Waals surface area contributed by atoms with Gasteiger partial charge in [-0.15, -0.1) is 0 Å². The molecule has 5 heteroatoms. The molecule has 0 saturated carbocycles. The van der Waals surface area contributed by atoms with Crippen LogP contribution in [0.15, 0.2) is 30.6 Å². The van der Waals surface area contributed by atoms with E-state index in [0.717, 1.165) is 11.1 Å². The Morgan fingerprint density at radius 3 is 2.50 bits per heavy atom. The summed E-state index contributed by atoms with van der Waals surface area (Å²) < 4.78 is 14.3. The van der Waals surface area contributed by atoms with Gasteiger partial charge in [0, 0.05) is 34.6 Å². The van der Waals surface area contributed by atoms with Crippen LogP contribution in [0.25, 0.3) is 21.9 Å². The molecule has 0 unspecified atom stereocenters. The molecule has 0 aliphatic rings. The van der Waals surface area contributed by atoms with Crippen molar-refractivity contribution < 1.29 is 4.39 Å². The van der Waals surface area contributed by atoms with Gasteiger partial charge < -0.3 is 5.73 Å². The first kappa shape index (κ1) is 12.5. The van der Waals surface area contributed by atoms with Gasteiger partial charge in [-0.3, -0.25) is 0 Å². The van der Waals surface area contributed by atoms with Crippen molar-refractivity contribution in [1.29, 1.82) is 0 Å². The van der Waals surface area contributed by atoms with Crippen molar-refractivity contribution >= 4 is 16.6 Å². The molecule has 0 aliphatic heterocycles. The molecule has 1 aromatic carbocycles. The lowest BCUT2D eigenvalue weighted by atomic mass is 10.0. The van der Waals surface area contributed by atoms with Crippen LogP contribution >= 0.6 is 0 Å². The number of hydrogen-bond donors (Lipinski definition) is 1. The van der Waals surface area contributed by atoms with Crippen molar-refractivity contribution in [3.63, 3.8) is 0 Å². The third-order valence-electron chi connectivity index (χ3n) is 3.22. The summed E-state index contributed by atoms with van der Waals surface area (Å²) in [5.41, 5.74) is 7.58. The summed E-state index contributed by atoms with van der Waals surface area (Å²) in [4.78, 5) is 12.4. The topological polar surface area (TPSA) is 64.7 Å². The molecule has 4 nitrogen and oxygen atoms in total. The second-order valence-electron chi connectivity index (χ2n) is 4.70. The van der Waals surface area contributed by atoms with E-state index in [1.54, 1.807) is 31.5 Å². The van der Waals surface area contributed by atoms with E-state index in [1.165, 1.54) is 6.07 Å². The molecule has 0 amide bonds. The van der Waals surface area contributed by atoms with Gasteiger partial charge in [-0.05, 0) is 37.4 Å². The molecule has 0 spiro atoms. The van der Waals surface area contributed by atoms with Gasteiger partial charge in [-0.1, -0.05) is 0 Å². The maximum absolute atomic E-state index is 14.3. The Labute approximate surface area is 115 Å². The van der Waals surface area contributed by atoms with E-state index in [9.17, 15) is 4.39 Å². The van der Waals surface area contributed by atoms with Crippen molar-refractivity contribution in [3.05, 3.63) is 47.9 Å². The van der Waals surface area contributed by atoms with E-state index in [1.807, 2.05) is 6.92 Å². The molecular weight excluding hydrogens is 255 g/mol. The van der Waals surface area contributed by atoms with Crippen molar-refractivity contribution in [2.24, 2.45) is 0 Å². The molecule has 2 heterocycles. The minimum atomic E-state index is -0.320. The predicted octanol–water partition coefficient (Wildman–Crippen LogP) is 3.03. The smallest absolute Gasteiger partial charge is 0.131 e. The summed E-state index contributed by atoms with van der Waals surface area (Å²) >= 11 is 0. The van der Waals surface area contributed by atoms with Crippen LogP contribution in [0.4, 0.5) is 10.2 Å². The summed E-state index contributed by atoms with van der Waals surface area (Å²) in [7, 11) is 0. The van der Waals surface area contributed by atoms with Crippen LogP contribution in [0.3, 0.4) is 0 Å². The van der Waals surface area contributed by atoms with E-state index >= 15 is 0 Å². The molecule has 3 aromatic rings. The highest BCUT2D eigenvalue weighted by atomic mass is 19.1. The van der Waals surface area contributed by atoms with E-state index in [0.29, 0.717) is 28.2 Å². The summed E-state index contributed by atoms with van der Waals surface area (Å²) in [6.07, 6.45) is 3.21. The van der Waals surface area contributed by atoms with Gasteiger partial charge in [0.15, 0.2) is 0 Å². The number of hydrogen-bond acceptors (Lipinski definition) is 4. The van der Waals surface area contributed by atoms with Crippen LogP contribution in [-0.4, -0.2) is 15.0 Å². The molecule has 100 valence electrons. The molecule has 0 saturated heterocycles. The number of aryl methyl sites for hydroxylation is 2. The Balaban J connectivity index is 2.27. The van der Waals surface area contributed by atoms with Gasteiger partial charge in [0.1, 0.15) is 17.5 Å². The number of halogens is 1. The quantitative estimate of drug-likeness (QED) is 0.736. The number of nitrogen functional groups attached to an aromatic ring is 1. The lowest BCUT2D eigenvalue weighted by Gasteiger charge is -2.09. The van der Waals surface area contributed by atoms with Crippen molar-refractivity contribution in [2.75, 3.05) is 5.73 Å². The largest absolute Gasteiger partial charge is 0.384 e. The fraction of sp³-hybridized carbons (Fsp3) is 0.133. The fourth-order valence-electron chi connectivity index (χ4n) is 2.24. The predicted molar refractivity (Wildman–Crippen MR) is 76.6 cm³/mol. The fourth-order valence-corrected chi connectivity index (χ4v) is 2.24. The number of benzene rings is 1. The third kappa shape index (κ3) is 2.07. The van der Waals surface area contributed by atoms with Gasteiger partial charge in [0.2, 0.25) is 0 Å². The van der Waals surface area contributed by atoms with Crippen LogP contribution in [0.2, 0.25) is 0 Å². The van der Waals surface area contributed by atoms with Crippen LogP contribution in [0, 0.1) is 19.7 Å². The second kappa shape index (κ2) is 4.52. The lowest BCUT2D eigenvalue weighted by Crippen LogP contribution is -1.96. The van der Waals surface area contributed by atoms with E-state index in [4.69, 9.17) is 5.73 Å². The molecule has 0 fully saturated rings. The normalized spacial score (nSPS) is 10.9. The van der Waals surface area contributed by atoms with Crippen molar-refractivity contribution in [1.82, 2.24) is 15.0 Å². The summed E-state index contributed by atoms with van der Waals surface area (Å²) in [6, 6.07) is 4.93. The standard InChI is InChI=1S/C15H13FN4/c1-8-13(7-18-9(2)20-8)12-3-10-5-15(17)19-6-11(10)4-14(12)16/h3-7H,1-2H3,(H2,17,19). The Bertz CT molecular complexity index is 814. The van der Waals surface area contributed by atoms with Gasteiger partial charge in [-0.2, -0.15) is 0 Å². The van der Waals surface area contributed by atoms with Gasteiger partial charge in [0.05, 0.1) is 0 Å². The molecule has 2 aromatic heterocycles. The van der Waals surface area contributed by atoms with Crippen molar-refractivity contribution in [3.8, 4) is 11.1 Å². The second-order valence-corrected chi connectivity index (χ2v) is 4.70. The maximum Gasteiger partial charge on any atom is 0.131 e. The number of fused-ring (bicyclic) bond motifs is 1. The first-order valence-corrected chi connectivity index (χ1v) is 6.20. The SMILES string of the molecule is Cc1ncc(-c2cc3cc(N)ncc3cc2F)c(C)n1. The van der Waals surface area contributed by atoms with Crippen LogP contribution in [-0.2, 0) is 0 Å². The lowest BCUT2D eigenvalue weighted by molar-refractivity contribution is 0.632. The molecule has 3 rings (SSSR count). The van der Waals surface area contributed by atoms with Gasteiger partial charge >= 0.3 is 0 Å². The summed E-state index contributed by atoms with van der Waals surface area (Å²) in [5.74, 6) is 0.757. The molecule has 20 heavy (non-hydrogen) atoms. The number of nitrogens with zero attached hydrogens (tertiary/aromatic N) is 3. The number of pyridine rings is 1. The van der Waals surface area contributed by atoms with Crippen LogP contribution in [0.1, 0.15) is 11.5 Å². The first-order valence-electron chi connectivity index (χ1n) is 6.20. The molecule has 0 aliphatic carbocycles. The van der Waals surface area contributed by atoms with Crippen molar-refractivity contribution in [2.45, 2.75) is 13.8 Å². The average Bonchev–Trinajstić information content (AvgIpc) is 2.39. The van der Waals surface area contributed by atoms with Gasteiger partial charge in [-0.25, -0.2) is 19.3 Å². The summed E-state index contributed by atoms with van der Waals surface area (Å²) in [5, 5.41) is 1.56. The molecule has 0 bridgehead atoms. The zero-order valence-electron chi connectivity index (χ0n) is 11.2. The third-order valence-corrected chi connectivity index (χ3v) is 3.22. The highest BCUT2D eigenvalue weighted by molar-refractivity contribution is 5.88. The maximum atomic E-state index is 14.3. The van der Waals surface area contributed by atoms with Crippen LogP contribution < -0.4 is 5.73 Å².